The number of amides is 2. The van der Waals surface area contributed by atoms with Crippen LogP contribution >= 0.6 is 11.6 Å². The minimum Gasteiger partial charge on any atom is -0.464 e. The van der Waals surface area contributed by atoms with Crippen LogP contribution in [0, 0.1) is 10.8 Å². The van der Waals surface area contributed by atoms with Gasteiger partial charge in [-0.25, -0.2) is 9.69 Å². The van der Waals surface area contributed by atoms with Crippen LogP contribution in [0.2, 0.25) is 5.02 Å². The topological polar surface area (TPSA) is 109 Å². The molecule has 2 amide bonds. The number of nitroso groups, excluding NO2 is 1. The maximum Gasteiger partial charge on any atom is 0.355 e. The Hall–Kier alpha value is -2.81. The largest absolute Gasteiger partial charge is 0.464 e. The van der Waals surface area contributed by atoms with Crippen molar-refractivity contribution in [1.29, 1.82) is 0 Å². The van der Waals surface area contributed by atoms with E-state index in [0.29, 0.717) is 10.1 Å². The summed E-state index contributed by atoms with van der Waals surface area (Å²) in [4.78, 5) is 48.6. The van der Waals surface area contributed by atoms with Gasteiger partial charge in [-0.1, -0.05) is 11.6 Å². The molecule has 2 heterocycles. The molecule has 0 bridgehead atoms. The highest BCUT2D eigenvalue weighted by molar-refractivity contribution is 6.46. The molecule has 2 unspecified atom stereocenters. The first-order valence-corrected chi connectivity index (χ1v) is 6.80. The first kappa shape index (κ1) is 15.1. The highest BCUT2D eigenvalue weighted by Crippen LogP contribution is 2.35. The molecule has 0 aliphatic carbocycles. The number of anilines is 1. The molecule has 118 valence electrons. The van der Waals surface area contributed by atoms with Crippen molar-refractivity contribution < 1.29 is 19.1 Å². The molecule has 10 heteroatoms. The summed E-state index contributed by atoms with van der Waals surface area (Å²) < 4.78 is 4.54. The van der Waals surface area contributed by atoms with E-state index in [9.17, 15) is 19.3 Å². The summed E-state index contributed by atoms with van der Waals surface area (Å²) in [7, 11) is 1.11. The van der Waals surface area contributed by atoms with Crippen LogP contribution in [-0.2, 0) is 19.1 Å². The minimum atomic E-state index is -1.29. The fraction of sp³-hybridized carbons (Fsp3) is 0.231. The lowest BCUT2D eigenvalue weighted by Gasteiger charge is -2.16. The smallest absolute Gasteiger partial charge is 0.355 e. The Labute approximate surface area is 134 Å². The van der Waals surface area contributed by atoms with Gasteiger partial charge in [0.25, 0.3) is 5.91 Å². The Kier molecular flexibility index (Phi) is 3.57. The van der Waals surface area contributed by atoms with Crippen LogP contribution in [0.5, 0.6) is 0 Å². The molecule has 1 aromatic rings. The lowest BCUT2D eigenvalue weighted by Crippen LogP contribution is -2.36. The van der Waals surface area contributed by atoms with Gasteiger partial charge in [-0.2, -0.15) is 0 Å². The molecule has 1 aromatic carbocycles. The molecular weight excluding hydrogens is 328 g/mol. The van der Waals surface area contributed by atoms with Crippen molar-refractivity contribution in [3.8, 4) is 0 Å². The average Bonchev–Trinajstić information content (AvgIpc) is 3.05. The zero-order valence-corrected chi connectivity index (χ0v) is 12.4. The third-order valence-corrected chi connectivity index (χ3v) is 3.84. The van der Waals surface area contributed by atoms with Crippen molar-refractivity contribution in [2.45, 2.75) is 6.04 Å². The van der Waals surface area contributed by atoms with Gasteiger partial charge < -0.3 is 4.74 Å². The van der Waals surface area contributed by atoms with Crippen LogP contribution in [0.3, 0.4) is 0 Å². The maximum absolute atomic E-state index is 12.6. The highest BCUT2D eigenvalue weighted by Gasteiger charge is 2.59. The number of hydrogen-bond donors (Lipinski definition) is 0. The summed E-state index contributed by atoms with van der Waals surface area (Å²) in [5.74, 6) is -3.52. The number of esters is 1. The van der Waals surface area contributed by atoms with Gasteiger partial charge in [-0.05, 0) is 24.3 Å². The Morgan fingerprint density at radius 1 is 1.26 bits per heavy atom. The number of hydrogen-bond acceptors (Lipinski definition) is 7. The number of nitrogens with zero attached hydrogens (tertiary/aromatic N) is 4. The van der Waals surface area contributed by atoms with Gasteiger partial charge in [0.2, 0.25) is 5.91 Å². The number of rotatable bonds is 3. The SMILES string of the molecule is COC(=O)C1=NN(N=O)C2C(=O)N(c3ccc(Cl)cc3)C(=O)C12. The number of carbonyl (C=O) groups is 3. The molecular formula is C13H9ClN4O5. The fourth-order valence-corrected chi connectivity index (χ4v) is 2.70. The quantitative estimate of drug-likeness (QED) is 0.457. The van der Waals surface area contributed by atoms with Crippen LogP contribution in [0.1, 0.15) is 0 Å². The predicted molar refractivity (Wildman–Crippen MR) is 78.3 cm³/mol. The summed E-state index contributed by atoms with van der Waals surface area (Å²) in [5.41, 5.74) is -0.0548. The van der Waals surface area contributed by atoms with Gasteiger partial charge in [0.1, 0.15) is 5.92 Å². The molecule has 23 heavy (non-hydrogen) atoms. The lowest BCUT2D eigenvalue weighted by molar-refractivity contribution is -0.133. The molecule has 1 fully saturated rings. The zero-order valence-electron chi connectivity index (χ0n) is 11.7. The second-order valence-electron chi connectivity index (χ2n) is 4.79. The van der Waals surface area contributed by atoms with E-state index in [1.165, 1.54) is 24.3 Å². The van der Waals surface area contributed by atoms with Crippen molar-refractivity contribution in [2.75, 3.05) is 12.0 Å². The van der Waals surface area contributed by atoms with E-state index in [1.807, 2.05) is 0 Å². The number of carbonyl (C=O) groups excluding carboxylic acids is 3. The van der Waals surface area contributed by atoms with Crippen LogP contribution in [0.25, 0.3) is 0 Å². The van der Waals surface area contributed by atoms with Crippen molar-refractivity contribution in [3.63, 3.8) is 0 Å². The lowest BCUT2D eigenvalue weighted by atomic mass is 9.98. The second-order valence-corrected chi connectivity index (χ2v) is 5.23. The van der Waals surface area contributed by atoms with Crippen molar-refractivity contribution in [2.24, 2.45) is 16.3 Å². The van der Waals surface area contributed by atoms with Crippen LogP contribution in [0.4, 0.5) is 5.69 Å². The number of hydrazone groups is 1. The number of ether oxygens (including phenoxy) is 1. The summed E-state index contributed by atoms with van der Waals surface area (Å²) in [5, 5.41) is 7.16. The molecule has 0 radical (unpaired) electrons. The summed E-state index contributed by atoms with van der Waals surface area (Å²) in [6, 6.07) is 4.69. The van der Waals surface area contributed by atoms with Crippen LogP contribution in [0.15, 0.2) is 34.7 Å². The Morgan fingerprint density at radius 2 is 1.91 bits per heavy atom. The molecule has 3 rings (SSSR count). The van der Waals surface area contributed by atoms with E-state index < -0.39 is 29.7 Å². The Morgan fingerprint density at radius 3 is 2.48 bits per heavy atom. The van der Waals surface area contributed by atoms with E-state index in [0.717, 1.165) is 12.0 Å². The number of halogens is 1. The first-order valence-electron chi connectivity index (χ1n) is 6.42. The second kappa shape index (κ2) is 5.43. The molecule has 2 aliphatic heterocycles. The first-order chi connectivity index (χ1) is 11.0. The van der Waals surface area contributed by atoms with E-state index in [-0.39, 0.29) is 11.4 Å². The van der Waals surface area contributed by atoms with Crippen LogP contribution < -0.4 is 4.90 Å². The van der Waals surface area contributed by atoms with E-state index in [4.69, 9.17) is 11.6 Å². The highest BCUT2D eigenvalue weighted by atomic mass is 35.5. The molecule has 0 spiro atoms. The van der Waals surface area contributed by atoms with E-state index in [1.54, 1.807) is 0 Å². The van der Waals surface area contributed by atoms with Gasteiger partial charge in [0, 0.05) is 5.02 Å². The fourth-order valence-electron chi connectivity index (χ4n) is 2.58. The van der Waals surface area contributed by atoms with Gasteiger partial charge in [-0.3, -0.25) is 9.59 Å². The number of methoxy groups -OCH3 is 1. The molecule has 1 saturated heterocycles. The van der Waals surface area contributed by atoms with Crippen molar-refractivity contribution >= 4 is 40.8 Å². The van der Waals surface area contributed by atoms with E-state index >= 15 is 0 Å². The molecule has 0 aromatic heterocycles. The maximum atomic E-state index is 12.6. The van der Waals surface area contributed by atoms with Crippen molar-refractivity contribution in [1.82, 2.24) is 5.12 Å². The third-order valence-electron chi connectivity index (χ3n) is 3.59. The normalized spacial score (nSPS) is 23.0. The Balaban J connectivity index is 2.03. The van der Waals surface area contributed by atoms with Gasteiger partial charge in [0.15, 0.2) is 11.8 Å². The third kappa shape index (κ3) is 2.16. The number of imide groups is 1. The number of fused-ring (bicyclic) bond motifs is 1. The van der Waals surface area contributed by atoms with Crippen molar-refractivity contribution in [3.05, 3.63) is 34.2 Å². The summed E-state index contributed by atoms with van der Waals surface area (Å²) >= 11 is 5.78. The number of benzene rings is 1. The van der Waals surface area contributed by atoms with Gasteiger partial charge in [-0.15, -0.1) is 15.1 Å². The summed E-state index contributed by atoms with van der Waals surface area (Å²) in [6.45, 7) is 0. The van der Waals surface area contributed by atoms with E-state index in [2.05, 4.69) is 15.1 Å². The molecule has 9 nitrogen and oxygen atoms in total. The van der Waals surface area contributed by atoms with Gasteiger partial charge >= 0.3 is 5.97 Å². The Bertz CT molecular complexity index is 747. The molecule has 2 aliphatic rings. The van der Waals surface area contributed by atoms with Gasteiger partial charge in [0.05, 0.1) is 18.1 Å². The molecule has 0 saturated carbocycles. The average molecular weight is 337 g/mol. The standard InChI is InChI=1S/C13H9ClN4O5/c1-23-13(21)9-8-10(18(15-9)16-22)12(20)17(11(8)19)7-4-2-6(14)3-5-7/h2-5,8,10H,1H3. The minimum absolute atomic E-state index is 0.272. The van der Waals surface area contributed by atoms with Crippen LogP contribution in [-0.4, -0.2) is 41.8 Å². The molecule has 0 N–H and O–H groups in total. The zero-order chi connectivity index (χ0) is 16.7. The summed E-state index contributed by atoms with van der Waals surface area (Å²) in [6.07, 6.45) is 0. The molecule has 2 atom stereocenters. The monoisotopic (exact) mass is 336 g/mol. The predicted octanol–water partition coefficient (Wildman–Crippen LogP) is 0.724.